The predicted octanol–water partition coefficient (Wildman–Crippen LogP) is 1.68. The molecule has 0 aliphatic rings. The molecule has 78 valence electrons. The minimum absolute atomic E-state index is 0.294. The molecule has 3 nitrogen and oxygen atoms in total. The summed E-state index contributed by atoms with van der Waals surface area (Å²) in [7, 11) is 0. The van der Waals surface area contributed by atoms with E-state index >= 15 is 0 Å². The average molecular weight is 185 g/mol. The molecule has 0 bridgehead atoms. The third kappa shape index (κ3) is 6.58. The Morgan fingerprint density at radius 2 is 2.08 bits per heavy atom. The lowest BCUT2D eigenvalue weighted by Gasteiger charge is -2.23. The van der Waals surface area contributed by atoms with E-state index in [-0.39, 0.29) is 0 Å². The highest BCUT2D eigenvalue weighted by Gasteiger charge is 2.06. The highest BCUT2D eigenvalue weighted by Crippen LogP contribution is 2.04. The van der Waals surface area contributed by atoms with Crippen LogP contribution in [0.2, 0.25) is 0 Å². The van der Waals surface area contributed by atoms with Gasteiger partial charge in [-0.05, 0) is 12.5 Å². The maximum atomic E-state index is 7.14. The van der Waals surface area contributed by atoms with Crippen molar-refractivity contribution < 1.29 is 0 Å². The minimum atomic E-state index is 0.294. The van der Waals surface area contributed by atoms with Crippen LogP contribution in [0.1, 0.15) is 33.6 Å². The van der Waals surface area contributed by atoms with Gasteiger partial charge in [0.05, 0.1) is 5.84 Å². The van der Waals surface area contributed by atoms with Crippen molar-refractivity contribution in [1.29, 1.82) is 5.41 Å². The molecule has 1 atom stereocenters. The largest absolute Gasteiger partial charge is 0.388 e. The fourth-order valence-electron chi connectivity index (χ4n) is 1.23. The number of nitrogens with two attached hydrogens (primary N) is 1. The first-order valence-corrected chi connectivity index (χ1v) is 5.15. The lowest BCUT2D eigenvalue weighted by atomic mass is 10.1. The van der Waals surface area contributed by atoms with E-state index in [1.165, 1.54) is 6.42 Å². The smallest absolute Gasteiger partial charge is 0.0918 e. The summed E-state index contributed by atoms with van der Waals surface area (Å²) < 4.78 is 0. The van der Waals surface area contributed by atoms with Gasteiger partial charge in [-0.25, -0.2) is 0 Å². The fourth-order valence-corrected chi connectivity index (χ4v) is 1.23. The topological polar surface area (TPSA) is 53.1 Å². The van der Waals surface area contributed by atoms with Gasteiger partial charge in [-0.15, -0.1) is 0 Å². The van der Waals surface area contributed by atoms with Gasteiger partial charge in [0.1, 0.15) is 0 Å². The van der Waals surface area contributed by atoms with Crippen LogP contribution in [0.3, 0.4) is 0 Å². The monoisotopic (exact) mass is 185 g/mol. The third-order valence-electron chi connectivity index (χ3n) is 2.41. The van der Waals surface area contributed by atoms with E-state index in [2.05, 4.69) is 25.7 Å². The Hall–Kier alpha value is -0.570. The van der Waals surface area contributed by atoms with Crippen LogP contribution in [0.4, 0.5) is 0 Å². The van der Waals surface area contributed by atoms with Crippen molar-refractivity contribution in [3.05, 3.63) is 0 Å². The zero-order valence-corrected chi connectivity index (χ0v) is 9.14. The first-order chi connectivity index (χ1) is 6.10. The maximum Gasteiger partial charge on any atom is 0.0918 e. The zero-order chi connectivity index (χ0) is 10.3. The second-order valence-electron chi connectivity index (χ2n) is 3.68. The van der Waals surface area contributed by atoms with Crippen molar-refractivity contribution in [3.63, 3.8) is 0 Å². The minimum Gasteiger partial charge on any atom is -0.388 e. The van der Waals surface area contributed by atoms with Gasteiger partial charge in [0, 0.05) is 19.5 Å². The lowest BCUT2D eigenvalue weighted by Crippen LogP contribution is -2.31. The van der Waals surface area contributed by atoms with Crippen LogP contribution in [0.5, 0.6) is 0 Å². The van der Waals surface area contributed by atoms with E-state index in [0.717, 1.165) is 25.6 Å². The first-order valence-electron chi connectivity index (χ1n) is 5.15. The van der Waals surface area contributed by atoms with Crippen molar-refractivity contribution in [2.24, 2.45) is 11.7 Å². The molecule has 0 fully saturated rings. The van der Waals surface area contributed by atoms with Crippen molar-refractivity contribution in [2.75, 3.05) is 19.6 Å². The Bertz CT molecular complexity index is 145. The molecule has 13 heavy (non-hydrogen) atoms. The third-order valence-corrected chi connectivity index (χ3v) is 2.41. The molecule has 0 heterocycles. The molecule has 0 aromatic rings. The number of hydrogen-bond acceptors (Lipinski definition) is 2. The molecular formula is C10H23N3. The van der Waals surface area contributed by atoms with E-state index in [4.69, 9.17) is 11.1 Å². The normalized spacial score (nSPS) is 13.2. The summed E-state index contributed by atoms with van der Waals surface area (Å²) in [5.41, 5.74) is 5.32. The van der Waals surface area contributed by atoms with Gasteiger partial charge < -0.3 is 10.6 Å². The molecule has 0 aromatic heterocycles. The van der Waals surface area contributed by atoms with Gasteiger partial charge in [-0.3, -0.25) is 5.41 Å². The molecule has 0 aliphatic heterocycles. The summed E-state index contributed by atoms with van der Waals surface area (Å²) in [6.45, 7) is 9.73. The van der Waals surface area contributed by atoms with Crippen molar-refractivity contribution >= 4 is 5.84 Å². The molecule has 3 heteroatoms. The Balaban J connectivity index is 3.68. The summed E-state index contributed by atoms with van der Waals surface area (Å²) in [5, 5.41) is 7.14. The van der Waals surface area contributed by atoms with Crippen LogP contribution in [0, 0.1) is 11.3 Å². The van der Waals surface area contributed by atoms with Crippen LogP contribution in [0.25, 0.3) is 0 Å². The van der Waals surface area contributed by atoms with Crippen molar-refractivity contribution in [3.8, 4) is 0 Å². The van der Waals surface area contributed by atoms with Gasteiger partial charge in [0.2, 0.25) is 0 Å². The maximum absolute atomic E-state index is 7.14. The van der Waals surface area contributed by atoms with Gasteiger partial charge in [-0.2, -0.15) is 0 Å². The summed E-state index contributed by atoms with van der Waals surface area (Å²) in [6.07, 6.45) is 1.92. The molecule has 0 aliphatic carbocycles. The summed E-state index contributed by atoms with van der Waals surface area (Å²) in [5.74, 6) is 1.04. The standard InChI is InChI=1S/C10H23N3/c1-4-9(3)8-13(5-2)7-6-10(11)12/h9H,4-8H2,1-3H3,(H3,11,12). The molecule has 0 spiro atoms. The molecule has 0 saturated carbocycles. The van der Waals surface area contributed by atoms with Gasteiger partial charge in [-0.1, -0.05) is 27.2 Å². The molecule has 0 amide bonds. The SMILES string of the molecule is CCC(C)CN(CC)CCC(=N)N. The first kappa shape index (κ1) is 12.4. The van der Waals surface area contributed by atoms with Gasteiger partial charge in [0.25, 0.3) is 0 Å². The van der Waals surface area contributed by atoms with E-state index in [9.17, 15) is 0 Å². The van der Waals surface area contributed by atoms with Crippen LogP contribution < -0.4 is 5.73 Å². The molecular weight excluding hydrogens is 162 g/mol. The number of hydrogen-bond donors (Lipinski definition) is 2. The number of nitrogens with one attached hydrogen (secondary N) is 1. The Morgan fingerprint density at radius 3 is 2.46 bits per heavy atom. The molecule has 1 unspecified atom stereocenters. The summed E-state index contributed by atoms with van der Waals surface area (Å²) >= 11 is 0. The molecule has 3 N–H and O–H groups in total. The summed E-state index contributed by atoms with van der Waals surface area (Å²) in [4.78, 5) is 2.36. The number of amidine groups is 1. The Kier molecular flexibility index (Phi) is 6.59. The number of rotatable bonds is 7. The Morgan fingerprint density at radius 1 is 1.46 bits per heavy atom. The average Bonchev–Trinajstić information content (AvgIpc) is 2.11. The highest BCUT2D eigenvalue weighted by atomic mass is 15.1. The summed E-state index contributed by atoms with van der Waals surface area (Å²) in [6, 6.07) is 0. The van der Waals surface area contributed by atoms with Crippen molar-refractivity contribution in [1.82, 2.24) is 4.90 Å². The van der Waals surface area contributed by atoms with Crippen molar-refractivity contribution in [2.45, 2.75) is 33.6 Å². The van der Waals surface area contributed by atoms with Gasteiger partial charge >= 0.3 is 0 Å². The van der Waals surface area contributed by atoms with E-state index in [1.807, 2.05) is 0 Å². The zero-order valence-electron chi connectivity index (χ0n) is 9.14. The molecule has 0 aromatic carbocycles. The molecule has 0 saturated heterocycles. The Labute approximate surface area is 81.8 Å². The quantitative estimate of drug-likeness (QED) is 0.468. The van der Waals surface area contributed by atoms with Crippen LogP contribution in [-0.2, 0) is 0 Å². The van der Waals surface area contributed by atoms with E-state index < -0.39 is 0 Å². The fraction of sp³-hybridized carbons (Fsp3) is 0.900. The van der Waals surface area contributed by atoms with Gasteiger partial charge in [0.15, 0.2) is 0 Å². The number of nitrogens with zero attached hydrogens (tertiary/aromatic N) is 1. The van der Waals surface area contributed by atoms with Crippen LogP contribution in [0.15, 0.2) is 0 Å². The van der Waals surface area contributed by atoms with Crippen LogP contribution >= 0.6 is 0 Å². The second kappa shape index (κ2) is 6.89. The van der Waals surface area contributed by atoms with E-state index in [0.29, 0.717) is 12.3 Å². The predicted molar refractivity (Wildman–Crippen MR) is 58.1 cm³/mol. The van der Waals surface area contributed by atoms with E-state index in [1.54, 1.807) is 0 Å². The molecule has 0 radical (unpaired) electrons. The highest BCUT2D eigenvalue weighted by molar-refractivity contribution is 5.76. The lowest BCUT2D eigenvalue weighted by molar-refractivity contribution is 0.252. The van der Waals surface area contributed by atoms with Crippen LogP contribution in [-0.4, -0.2) is 30.4 Å². The second-order valence-corrected chi connectivity index (χ2v) is 3.68. The molecule has 0 rings (SSSR count).